The molecule has 0 radical (unpaired) electrons. The van der Waals surface area contributed by atoms with Crippen LogP contribution in [0.3, 0.4) is 0 Å². The van der Waals surface area contributed by atoms with E-state index in [0.717, 1.165) is 11.1 Å². The number of benzene rings is 2. The van der Waals surface area contributed by atoms with E-state index < -0.39 is 6.10 Å². The molecular formula is C17H18O. The summed E-state index contributed by atoms with van der Waals surface area (Å²) in [5.41, 5.74) is 2.27. The molecule has 0 aliphatic rings. The van der Waals surface area contributed by atoms with Crippen LogP contribution in [0.2, 0.25) is 0 Å². The summed E-state index contributed by atoms with van der Waals surface area (Å²) in [6.07, 6.45) is 3.23. The van der Waals surface area contributed by atoms with E-state index in [0.29, 0.717) is 0 Å². The third-order valence-electron chi connectivity index (χ3n) is 3.05. The Morgan fingerprint density at radius 3 is 1.67 bits per heavy atom. The van der Waals surface area contributed by atoms with E-state index in [4.69, 9.17) is 0 Å². The van der Waals surface area contributed by atoms with Gasteiger partial charge in [-0.05, 0) is 18.1 Å². The first-order chi connectivity index (χ1) is 8.83. The van der Waals surface area contributed by atoms with Crippen LogP contribution in [0.1, 0.15) is 24.0 Å². The molecule has 0 bridgehead atoms. The summed E-state index contributed by atoms with van der Waals surface area (Å²) in [4.78, 5) is 0. The first kappa shape index (κ1) is 12.6. The molecule has 0 aromatic heterocycles. The van der Waals surface area contributed by atoms with Crippen LogP contribution in [0.15, 0.2) is 72.8 Å². The van der Waals surface area contributed by atoms with Gasteiger partial charge in [0.25, 0.3) is 0 Å². The van der Waals surface area contributed by atoms with Crippen molar-refractivity contribution in [1.82, 2.24) is 0 Å². The minimum Gasteiger partial charge on any atom is -0.388 e. The molecule has 2 aromatic rings. The average molecular weight is 238 g/mol. The molecular weight excluding hydrogens is 220 g/mol. The predicted octanol–water partition coefficient (Wildman–Crippen LogP) is 3.76. The Kier molecular flexibility index (Phi) is 4.32. The van der Waals surface area contributed by atoms with Gasteiger partial charge in [0.15, 0.2) is 0 Å². The Morgan fingerprint density at radius 2 is 1.28 bits per heavy atom. The third kappa shape index (κ3) is 2.88. The SMILES string of the molecule is C/C=C/C(O)C(c1ccccc1)c1ccccc1. The second-order valence-electron chi connectivity index (χ2n) is 4.32. The van der Waals surface area contributed by atoms with Crippen molar-refractivity contribution >= 4 is 0 Å². The molecule has 0 spiro atoms. The molecule has 1 N–H and O–H groups in total. The Labute approximate surface area is 108 Å². The van der Waals surface area contributed by atoms with Gasteiger partial charge < -0.3 is 5.11 Å². The molecule has 0 amide bonds. The van der Waals surface area contributed by atoms with Gasteiger partial charge in [0, 0.05) is 5.92 Å². The van der Waals surface area contributed by atoms with Crippen LogP contribution in [0.4, 0.5) is 0 Å². The highest BCUT2D eigenvalue weighted by Crippen LogP contribution is 2.28. The van der Waals surface area contributed by atoms with Crippen molar-refractivity contribution in [3.05, 3.63) is 83.9 Å². The lowest BCUT2D eigenvalue weighted by atomic mass is 9.86. The highest BCUT2D eigenvalue weighted by Gasteiger charge is 2.20. The van der Waals surface area contributed by atoms with Crippen molar-refractivity contribution in [2.45, 2.75) is 18.9 Å². The standard InChI is InChI=1S/C17H18O/c1-2-9-16(18)17(14-10-5-3-6-11-14)15-12-7-4-8-13-15/h2-13,16-18H,1H3/b9-2+. The summed E-state index contributed by atoms with van der Waals surface area (Å²) in [6, 6.07) is 20.3. The van der Waals surface area contributed by atoms with Crippen molar-refractivity contribution in [1.29, 1.82) is 0 Å². The molecule has 2 aromatic carbocycles. The molecule has 0 aliphatic heterocycles. The highest BCUT2D eigenvalue weighted by molar-refractivity contribution is 5.34. The molecule has 1 atom stereocenters. The van der Waals surface area contributed by atoms with E-state index in [-0.39, 0.29) is 5.92 Å². The number of hydrogen-bond acceptors (Lipinski definition) is 1. The van der Waals surface area contributed by atoms with Crippen molar-refractivity contribution in [3.63, 3.8) is 0 Å². The van der Waals surface area contributed by atoms with Crippen LogP contribution in [0.25, 0.3) is 0 Å². The van der Waals surface area contributed by atoms with Gasteiger partial charge in [-0.15, -0.1) is 0 Å². The molecule has 92 valence electrons. The molecule has 0 saturated heterocycles. The molecule has 1 heteroatoms. The van der Waals surface area contributed by atoms with E-state index >= 15 is 0 Å². The summed E-state index contributed by atoms with van der Waals surface area (Å²) >= 11 is 0. The predicted molar refractivity (Wildman–Crippen MR) is 75.5 cm³/mol. The van der Waals surface area contributed by atoms with Gasteiger partial charge in [0.05, 0.1) is 6.10 Å². The zero-order chi connectivity index (χ0) is 12.8. The van der Waals surface area contributed by atoms with Gasteiger partial charge in [-0.2, -0.15) is 0 Å². The molecule has 1 nitrogen and oxygen atoms in total. The number of aliphatic hydroxyl groups is 1. The zero-order valence-corrected chi connectivity index (χ0v) is 10.5. The number of aliphatic hydroxyl groups excluding tert-OH is 1. The van der Waals surface area contributed by atoms with Crippen molar-refractivity contribution in [3.8, 4) is 0 Å². The zero-order valence-electron chi connectivity index (χ0n) is 10.5. The maximum absolute atomic E-state index is 10.3. The minimum absolute atomic E-state index is 0.0106. The van der Waals surface area contributed by atoms with Crippen LogP contribution in [-0.4, -0.2) is 11.2 Å². The van der Waals surface area contributed by atoms with Crippen LogP contribution in [0.5, 0.6) is 0 Å². The molecule has 2 rings (SSSR count). The average Bonchev–Trinajstić information content (AvgIpc) is 2.42. The van der Waals surface area contributed by atoms with Crippen molar-refractivity contribution in [2.24, 2.45) is 0 Å². The lowest BCUT2D eigenvalue weighted by Gasteiger charge is -2.21. The smallest absolute Gasteiger partial charge is 0.0829 e. The van der Waals surface area contributed by atoms with Crippen LogP contribution in [0, 0.1) is 0 Å². The molecule has 0 saturated carbocycles. The van der Waals surface area contributed by atoms with E-state index in [1.165, 1.54) is 0 Å². The lowest BCUT2D eigenvalue weighted by Crippen LogP contribution is -2.17. The second-order valence-corrected chi connectivity index (χ2v) is 4.32. The summed E-state index contributed by atoms with van der Waals surface area (Å²) in [5.74, 6) is -0.0106. The Balaban J connectivity index is 2.41. The van der Waals surface area contributed by atoms with E-state index in [1.54, 1.807) is 0 Å². The van der Waals surface area contributed by atoms with Crippen LogP contribution < -0.4 is 0 Å². The largest absolute Gasteiger partial charge is 0.388 e. The van der Waals surface area contributed by atoms with Crippen molar-refractivity contribution in [2.75, 3.05) is 0 Å². The maximum Gasteiger partial charge on any atom is 0.0829 e. The number of allylic oxidation sites excluding steroid dienone is 1. The van der Waals surface area contributed by atoms with Gasteiger partial charge in [-0.3, -0.25) is 0 Å². The van der Waals surface area contributed by atoms with Crippen molar-refractivity contribution < 1.29 is 5.11 Å². The highest BCUT2D eigenvalue weighted by atomic mass is 16.3. The fourth-order valence-corrected chi connectivity index (χ4v) is 2.22. The van der Waals surface area contributed by atoms with Gasteiger partial charge >= 0.3 is 0 Å². The van der Waals surface area contributed by atoms with Gasteiger partial charge in [-0.1, -0.05) is 72.8 Å². The van der Waals surface area contributed by atoms with Crippen LogP contribution in [-0.2, 0) is 0 Å². The molecule has 0 heterocycles. The first-order valence-corrected chi connectivity index (χ1v) is 6.23. The van der Waals surface area contributed by atoms with Gasteiger partial charge in [0.2, 0.25) is 0 Å². The fourth-order valence-electron chi connectivity index (χ4n) is 2.22. The molecule has 18 heavy (non-hydrogen) atoms. The topological polar surface area (TPSA) is 20.2 Å². The van der Waals surface area contributed by atoms with E-state index in [2.05, 4.69) is 24.3 Å². The molecule has 0 aliphatic carbocycles. The minimum atomic E-state index is -0.500. The third-order valence-corrected chi connectivity index (χ3v) is 3.05. The molecule has 1 unspecified atom stereocenters. The fraction of sp³-hybridized carbons (Fsp3) is 0.176. The number of rotatable bonds is 4. The van der Waals surface area contributed by atoms with Crippen LogP contribution >= 0.6 is 0 Å². The number of hydrogen-bond donors (Lipinski definition) is 1. The quantitative estimate of drug-likeness (QED) is 0.804. The van der Waals surface area contributed by atoms with E-state index in [9.17, 15) is 5.11 Å². The van der Waals surface area contributed by atoms with Gasteiger partial charge in [0.1, 0.15) is 0 Å². The monoisotopic (exact) mass is 238 g/mol. The molecule has 0 fully saturated rings. The summed E-state index contributed by atoms with van der Waals surface area (Å²) in [6.45, 7) is 1.93. The van der Waals surface area contributed by atoms with Gasteiger partial charge in [-0.25, -0.2) is 0 Å². The Hall–Kier alpha value is -1.86. The maximum atomic E-state index is 10.3. The first-order valence-electron chi connectivity index (χ1n) is 6.23. The van der Waals surface area contributed by atoms with E-state index in [1.807, 2.05) is 55.5 Å². The Bertz CT molecular complexity index is 448. The lowest BCUT2D eigenvalue weighted by molar-refractivity contribution is 0.204. The summed E-state index contributed by atoms with van der Waals surface area (Å²) in [5, 5.41) is 10.3. The summed E-state index contributed by atoms with van der Waals surface area (Å²) < 4.78 is 0. The normalized spacial score (nSPS) is 13.1. The Morgan fingerprint density at radius 1 is 0.833 bits per heavy atom. The summed E-state index contributed by atoms with van der Waals surface area (Å²) in [7, 11) is 0. The second kappa shape index (κ2) is 6.18.